The van der Waals surface area contributed by atoms with Crippen molar-refractivity contribution in [1.29, 1.82) is 0 Å². The molecule has 1 aromatic carbocycles. The largest absolute Gasteiger partial charge is 0.480 e. The quantitative estimate of drug-likeness (QED) is 0.345. The van der Waals surface area contributed by atoms with E-state index < -0.39 is 30.4 Å². The number of rotatable bonds is 5. The van der Waals surface area contributed by atoms with E-state index in [1.54, 1.807) is 6.07 Å². The fourth-order valence-electron chi connectivity index (χ4n) is 2.01. The number of carbonyl (C=O) groups excluding carboxylic acids is 3. The Bertz CT molecular complexity index is 847. The van der Waals surface area contributed by atoms with Crippen LogP contribution in [0.2, 0.25) is 0 Å². The number of aliphatic carboxylic acids is 1. The Hall–Kier alpha value is -2.72. The summed E-state index contributed by atoms with van der Waals surface area (Å²) in [7, 11) is 0. The number of ether oxygens (including phenoxy) is 2. The number of carbonyl (C=O) groups is 4. The molecule has 1 aromatic rings. The van der Waals surface area contributed by atoms with Gasteiger partial charge in [-0.05, 0) is 23.8 Å². The molecule has 26 heavy (non-hydrogen) atoms. The second kappa shape index (κ2) is 8.11. The maximum absolute atomic E-state index is 12.3. The number of benzene rings is 1. The highest BCUT2D eigenvalue weighted by Gasteiger charge is 2.33. The molecular weight excluding hydrogens is 382 g/mol. The number of thioether (sulfide) groups is 1. The zero-order valence-electron chi connectivity index (χ0n) is 13.7. The predicted octanol–water partition coefficient (Wildman–Crippen LogP) is 1.82. The minimum absolute atomic E-state index is 0.0162. The van der Waals surface area contributed by atoms with Gasteiger partial charge in [0, 0.05) is 13.8 Å². The number of hydrogen-bond acceptors (Lipinski definition) is 8. The summed E-state index contributed by atoms with van der Waals surface area (Å²) in [5, 5.41) is 8.84. The molecule has 1 heterocycles. The van der Waals surface area contributed by atoms with Gasteiger partial charge in [0.25, 0.3) is 5.91 Å². The SMILES string of the molecule is CC(=O)Oc1ccc(/C=C2/SC(=S)N(CC(=O)O)C2=O)cc1OC(C)=O. The van der Waals surface area contributed by atoms with Gasteiger partial charge in [-0.2, -0.15) is 0 Å². The monoisotopic (exact) mass is 395 g/mol. The zero-order valence-corrected chi connectivity index (χ0v) is 15.3. The Kier molecular flexibility index (Phi) is 6.11. The van der Waals surface area contributed by atoms with Gasteiger partial charge in [-0.3, -0.25) is 24.1 Å². The molecule has 1 saturated heterocycles. The van der Waals surface area contributed by atoms with Gasteiger partial charge in [0.2, 0.25) is 0 Å². The summed E-state index contributed by atoms with van der Waals surface area (Å²) >= 11 is 5.98. The molecule has 0 unspecified atom stereocenters. The number of amides is 1. The van der Waals surface area contributed by atoms with Crippen LogP contribution in [0.3, 0.4) is 0 Å². The van der Waals surface area contributed by atoms with Crippen molar-refractivity contribution in [3.63, 3.8) is 0 Å². The van der Waals surface area contributed by atoms with Gasteiger partial charge in [0.15, 0.2) is 11.5 Å². The normalized spacial score (nSPS) is 15.3. The van der Waals surface area contributed by atoms with Gasteiger partial charge in [0.1, 0.15) is 10.9 Å². The molecule has 0 atom stereocenters. The van der Waals surface area contributed by atoms with Gasteiger partial charge in [-0.1, -0.05) is 30.0 Å². The summed E-state index contributed by atoms with van der Waals surface area (Å²) in [4.78, 5) is 46.6. The van der Waals surface area contributed by atoms with Gasteiger partial charge >= 0.3 is 17.9 Å². The van der Waals surface area contributed by atoms with Crippen LogP contribution >= 0.6 is 24.0 Å². The molecule has 0 radical (unpaired) electrons. The van der Waals surface area contributed by atoms with Crippen molar-refractivity contribution in [2.75, 3.05) is 6.54 Å². The fraction of sp³-hybridized carbons (Fsp3) is 0.188. The smallest absolute Gasteiger partial charge is 0.323 e. The van der Waals surface area contributed by atoms with Crippen molar-refractivity contribution >= 4 is 58.2 Å². The van der Waals surface area contributed by atoms with Crippen molar-refractivity contribution in [3.05, 3.63) is 28.7 Å². The summed E-state index contributed by atoms with van der Waals surface area (Å²) in [5.41, 5.74) is 0.480. The van der Waals surface area contributed by atoms with Crippen LogP contribution in [-0.4, -0.2) is 44.7 Å². The van der Waals surface area contributed by atoms with E-state index in [0.717, 1.165) is 16.7 Å². The molecule has 0 spiro atoms. The fourth-order valence-corrected chi connectivity index (χ4v) is 3.27. The van der Waals surface area contributed by atoms with E-state index in [2.05, 4.69) is 0 Å². The van der Waals surface area contributed by atoms with Crippen LogP contribution < -0.4 is 9.47 Å². The number of carboxylic acids is 1. The summed E-state index contributed by atoms with van der Waals surface area (Å²) < 4.78 is 10.1. The van der Waals surface area contributed by atoms with Crippen LogP contribution in [0.4, 0.5) is 0 Å². The first-order chi connectivity index (χ1) is 12.2. The summed E-state index contributed by atoms with van der Waals surface area (Å²) in [6.45, 7) is 1.88. The van der Waals surface area contributed by atoms with E-state index in [9.17, 15) is 19.2 Å². The van der Waals surface area contributed by atoms with E-state index >= 15 is 0 Å². The molecule has 136 valence electrons. The lowest BCUT2D eigenvalue weighted by Gasteiger charge is -2.10. The van der Waals surface area contributed by atoms with Gasteiger partial charge in [-0.25, -0.2) is 0 Å². The number of nitrogens with zero attached hydrogens (tertiary/aromatic N) is 1. The zero-order chi connectivity index (χ0) is 19.4. The molecule has 1 amide bonds. The van der Waals surface area contributed by atoms with Crippen molar-refractivity contribution in [3.8, 4) is 11.5 Å². The number of esters is 2. The Balaban J connectivity index is 2.34. The number of carboxylic acid groups (broad SMARTS) is 1. The van der Waals surface area contributed by atoms with Crippen molar-refractivity contribution in [2.24, 2.45) is 0 Å². The topological polar surface area (TPSA) is 110 Å². The van der Waals surface area contributed by atoms with Gasteiger partial charge in [0.05, 0.1) is 4.91 Å². The van der Waals surface area contributed by atoms with E-state index in [1.807, 2.05) is 0 Å². The van der Waals surface area contributed by atoms with Crippen LogP contribution in [0.5, 0.6) is 11.5 Å². The molecule has 0 aliphatic carbocycles. The minimum atomic E-state index is -1.18. The highest BCUT2D eigenvalue weighted by atomic mass is 32.2. The average molecular weight is 395 g/mol. The molecule has 0 bridgehead atoms. The molecule has 1 aliphatic heterocycles. The third kappa shape index (κ3) is 4.90. The highest BCUT2D eigenvalue weighted by Crippen LogP contribution is 2.34. The van der Waals surface area contributed by atoms with E-state index in [1.165, 1.54) is 32.1 Å². The second-order valence-electron chi connectivity index (χ2n) is 5.06. The first kappa shape index (κ1) is 19.6. The number of thiocarbonyl (C=S) groups is 1. The summed E-state index contributed by atoms with van der Waals surface area (Å²) in [5.74, 6) is -2.82. The van der Waals surface area contributed by atoms with Crippen LogP contribution in [-0.2, 0) is 19.2 Å². The predicted molar refractivity (Wildman–Crippen MR) is 96.6 cm³/mol. The maximum Gasteiger partial charge on any atom is 0.323 e. The van der Waals surface area contributed by atoms with Crippen molar-refractivity contribution < 1.29 is 33.8 Å². The van der Waals surface area contributed by atoms with Crippen LogP contribution in [0.1, 0.15) is 19.4 Å². The molecule has 0 saturated carbocycles. The number of hydrogen-bond donors (Lipinski definition) is 1. The summed E-state index contributed by atoms with van der Waals surface area (Å²) in [6.07, 6.45) is 1.48. The average Bonchev–Trinajstić information content (AvgIpc) is 2.76. The Morgan fingerprint density at radius 1 is 1.19 bits per heavy atom. The first-order valence-electron chi connectivity index (χ1n) is 7.15. The molecule has 1 aliphatic rings. The highest BCUT2D eigenvalue weighted by molar-refractivity contribution is 8.26. The molecular formula is C16H13NO7S2. The molecule has 10 heteroatoms. The minimum Gasteiger partial charge on any atom is -0.480 e. The van der Waals surface area contributed by atoms with Crippen LogP contribution in [0.25, 0.3) is 6.08 Å². The lowest BCUT2D eigenvalue weighted by molar-refractivity contribution is -0.140. The maximum atomic E-state index is 12.3. The molecule has 2 rings (SSSR count). The van der Waals surface area contributed by atoms with Crippen LogP contribution in [0.15, 0.2) is 23.1 Å². The van der Waals surface area contributed by atoms with Crippen molar-refractivity contribution in [2.45, 2.75) is 13.8 Å². The van der Waals surface area contributed by atoms with E-state index in [4.69, 9.17) is 26.8 Å². The standard InChI is InChI=1S/C16H13NO7S2/c1-8(18)23-11-4-3-10(5-12(11)24-9(2)19)6-13-15(22)17(7-14(20)21)16(25)26-13/h3-6H,7H2,1-2H3,(H,20,21)/b13-6+. The Labute approximate surface area is 157 Å². The lowest BCUT2D eigenvalue weighted by atomic mass is 10.2. The van der Waals surface area contributed by atoms with Crippen LogP contribution in [0, 0.1) is 0 Å². The molecule has 1 N–H and O–H groups in total. The van der Waals surface area contributed by atoms with Crippen molar-refractivity contribution in [1.82, 2.24) is 4.90 Å². The molecule has 0 aromatic heterocycles. The van der Waals surface area contributed by atoms with Gasteiger partial charge in [-0.15, -0.1) is 0 Å². The Morgan fingerprint density at radius 2 is 1.81 bits per heavy atom. The third-order valence-electron chi connectivity index (χ3n) is 2.94. The third-order valence-corrected chi connectivity index (χ3v) is 4.32. The first-order valence-corrected chi connectivity index (χ1v) is 8.38. The van der Waals surface area contributed by atoms with E-state index in [0.29, 0.717) is 5.56 Å². The Morgan fingerprint density at radius 3 is 2.38 bits per heavy atom. The summed E-state index contributed by atoms with van der Waals surface area (Å²) in [6, 6.07) is 4.39. The lowest BCUT2D eigenvalue weighted by Crippen LogP contribution is -2.33. The molecule has 1 fully saturated rings. The van der Waals surface area contributed by atoms with Gasteiger partial charge < -0.3 is 14.6 Å². The second-order valence-corrected chi connectivity index (χ2v) is 6.73. The molecule has 8 nitrogen and oxygen atoms in total. The van der Waals surface area contributed by atoms with E-state index in [-0.39, 0.29) is 20.7 Å².